The highest BCUT2D eigenvalue weighted by molar-refractivity contribution is 5.87. The molecule has 0 amide bonds. The predicted octanol–water partition coefficient (Wildman–Crippen LogP) is 3.26. The number of H-pyrrole nitrogens is 1. The summed E-state index contributed by atoms with van der Waals surface area (Å²) < 4.78 is 36.3. The minimum Gasteiger partial charge on any atom is -0.395 e. The Labute approximate surface area is 177 Å². The average Bonchev–Trinajstić information content (AvgIpc) is 3.43. The first-order chi connectivity index (χ1) is 15.0. The molecule has 0 spiro atoms. The number of allylic oxidation sites excluding steroid dienone is 1. The molecule has 8 nitrogen and oxygen atoms in total. The van der Waals surface area contributed by atoms with Crippen molar-refractivity contribution in [3.8, 4) is 11.5 Å². The van der Waals surface area contributed by atoms with Gasteiger partial charge in [-0.1, -0.05) is 12.1 Å². The molecule has 2 aromatic rings. The van der Waals surface area contributed by atoms with Crippen molar-refractivity contribution in [3.05, 3.63) is 47.3 Å². The van der Waals surface area contributed by atoms with Crippen molar-refractivity contribution < 1.29 is 18.3 Å². The quantitative estimate of drug-likeness (QED) is 0.782. The number of hydrogen-bond acceptors (Lipinski definition) is 7. The van der Waals surface area contributed by atoms with Crippen molar-refractivity contribution in [2.45, 2.75) is 25.7 Å². The number of nitrogens with one attached hydrogen (secondary N) is 2. The van der Waals surface area contributed by atoms with E-state index >= 15 is 0 Å². The highest BCUT2D eigenvalue weighted by atomic mass is 19.3. The van der Waals surface area contributed by atoms with Gasteiger partial charge in [0.1, 0.15) is 12.2 Å². The van der Waals surface area contributed by atoms with E-state index in [1.54, 1.807) is 6.07 Å². The number of hydrogen-bond donors (Lipinski definition) is 2. The van der Waals surface area contributed by atoms with Crippen LogP contribution in [-0.2, 0) is 6.54 Å². The van der Waals surface area contributed by atoms with Crippen molar-refractivity contribution in [2.24, 2.45) is 10.9 Å². The maximum Gasteiger partial charge on any atom is 0.586 e. The van der Waals surface area contributed by atoms with Crippen LogP contribution in [0.3, 0.4) is 0 Å². The number of aromatic nitrogens is 1. The third-order valence-corrected chi connectivity index (χ3v) is 6.27. The lowest BCUT2D eigenvalue weighted by Gasteiger charge is -2.33. The fraction of sp³-hybridized carbons (Fsp3) is 0.381. The van der Waals surface area contributed by atoms with Gasteiger partial charge in [-0.25, -0.2) is 10.0 Å². The fourth-order valence-corrected chi connectivity index (χ4v) is 4.78. The summed E-state index contributed by atoms with van der Waals surface area (Å²) in [6.07, 6.45) is 2.06. The highest BCUT2D eigenvalue weighted by Gasteiger charge is 2.44. The number of fused-ring (bicyclic) bond motifs is 4. The zero-order valence-electron chi connectivity index (χ0n) is 16.9. The van der Waals surface area contributed by atoms with Crippen LogP contribution in [0.25, 0.3) is 5.70 Å². The Morgan fingerprint density at radius 1 is 1.19 bits per heavy atom. The van der Waals surface area contributed by atoms with Gasteiger partial charge in [0.15, 0.2) is 11.5 Å². The monoisotopic (exact) mass is 428 g/mol. The maximum atomic E-state index is 13.5. The second-order valence-electron chi connectivity index (χ2n) is 8.19. The van der Waals surface area contributed by atoms with Crippen LogP contribution >= 0.6 is 0 Å². The molecule has 0 atom stereocenters. The Morgan fingerprint density at radius 2 is 2.03 bits per heavy atom. The van der Waals surface area contributed by atoms with Gasteiger partial charge in [0.05, 0.1) is 11.4 Å². The number of benzene rings is 1. The van der Waals surface area contributed by atoms with E-state index in [0.29, 0.717) is 12.5 Å². The van der Waals surface area contributed by atoms with Crippen LogP contribution in [0.4, 0.5) is 14.6 Å². The Balaban J connectivity index is 1.18. The number of hydrazine groups is 2. The number of likely N-dealkylation sites (tertiary alicyclic amines) is 1. The van der Waals surface area contributed by atoms with E-state index in [-0.39, 0.29) is 11.5 Å². The van der Waals surface area contributed by atoms with Gasteiger partial charge in [0, 0.05) is 36.8 Å². The van der Waals surface area contributed by atoms with Crippen LogP contribution in [0.2, 0.25) is 0 Å². The first kappa shape index (κ1) is 18.6. The summed E-state index contributed by atoms with van der Waals surface area (Å²) in [5.74, 6) is 1.49. The number of rotatable bonds is 3. The van der Waals surface area contributed by atoms with Crippen LogP contribution in [0.5, 0.6) is 11.5 Å². The van der Waals surface area contributed by atoms with Crippen molar-refractivity contribution in [2.75, 3.05) is 20.1 Å². The molecule has 162 valence electrons. The zero-order chi connectivity index (χ0) is 21.2. The van der Waals surface area contributed by atoms with Gasteiger partial charge in [-0.15, -0.1) is 13.9 Å². The van der Waals surface area contributed by atoms with Crippen LogP contribution in [-0.4, -0.2) is 52.8 Å². The van der Waals surface area contributed by atoms with E-state index in [4.69, 9.17) is 4.74 Å². The molecule has 0 unspecified atom stereocenters. The standard InChI is InChI=1S/C21H22F2N6O2/c1-27-26-17(18-15-5-8-24-20(15)25-12-29(18)27)13-6-9-28(10-7-13)11-14-3-2-4-16-19(14)31-21(22,23)30-16/h2-5,8,12-13,24,26H,6-7,9-11H2,1H3. The molecule has 0 radical (unpaired) electrons. The molecule has 0 aliphatic carbocycles. The molecule has 4 aliphatic heterocycles. The first-order valence-corrected chi connectivity index (χ1v) is 10.3. The first-order valence-electron chi connectivity index (χ1n) is 10.3. The lowest BCUT2D eigenvalue weighted by molar-refractivity contribution is -0.287. The summed E-state index contributed by atoms with van der Waals surface area (Å²) in [5.41, 5.74) is 7.65. The Kier molecular flexibility index (Phi) is 4.03. The predicted molar refractivity (Wildman–Crippen MR) is 109 cm³/mol. The van der Waals surface area contributed by atoms with Gasteiger partial charge in [-0.3, -0.25) is 4.90 Å². The molecule has 0 bridgehead atoms. The lowest BCUT2D eigenvalue weighted by Crippen LogP contribution is -2.41. The molecule has 6 rings (SSSR count). The highest BCUT2D eigenvalue weighted by Crippen LogP contribution is 2.44. The Bertz CT molecular complexity index is 1090. The van der Waals surface area contributed by atoms with Crippen LogP contribution in [0.1, 0.15) is 24.0 Å². The van der Waals surface area contributed by atoms with Crippen LogP contribution in [0.15, 0.2) is 41.2 Å². The number of nitrogens with zero attached hydrogens (tertiary/aromatic N) is 4. The fourth-order valence-electron chi connectivity index (χ4n) is 4.78. The third kappa shape index (κ3) is 3.05. The molecule has 2 N–H and O–H groups in total. The van der Waals surface area contributed by atoms with E-state index in [2.05, 4.69) is 31.1 Å². The number of alkyl halides is 2. The molecule has 1 fully saturated rings. The largest absolute Gasteiger partial charge is 0.586 e. The molecule has 10 heteroatoms. The summed E-state index contributed by atoms with van der Waals surface area (Å²) in [4.78, 5) is 9.92. The summed E-state index contributed by atoms with van der Waals surface area (Å²) in [5, 5.41) is 3.98. The molecular formula is C21H22F2N6O2. The number of aliphatic imine (C=N–C) groups is 1. The summed E-state index contributed by atoms with van der Waals surface area (Å²) in [7, 11) is 1.97. The zero-order valence-corrected chi connectivity index (χ0v) is 16.9. The number of ether oxygens (including phenoxy) is 2. The average molecular weight is 428 g/mol. The molecule has 5 heterocycles. The van der Waals surface area contributed by atoms with Gasteiger partial charge in [0.25, 0.3) is 0 Å². The van der Waals surface area contributed by atoms with Crippen molar-refractivity contribution in [1.29, 1.82) is 0 Å². The van der Waals surface area contributed by atoms with E-state index in [9.17, 15) is 8.78 Å². The number of para-hydroxylation sites is 1. The van der Waals surface area contributed by atoms with E-state index in [0.717, 1.165) is 48.6 Å². The van der Waals surface area contributed by atoms with Crippen molar-refractivity contribution in [3.63, 3.8) is 0 Å². The van der Waals surface area contributed by atoms with E-state index in [1.807, 2.05) is 35.8 Å². The molecule has 1 aromatic carbocycles. The lowest BCUT2D eigenvalue weighted by atomic mass is 9.91. The second-order valence-corrected chi connectivity index (χ2v) is 8.19. The second kappa shape index (κ2) is 6.69. The number of piperidine rings is 1. The maximum absolute atomic E-state index is 13.5. The van der Waals surface area contributed by atoms with Gasteiger partial charge in [0.2, 0.25) is 0 Å². The SMILES string of the molecule is CN1NC(C2CCN(Cc3cccc4c3OC(F)(F)O4)CC2)=C2c3cc[nH]c3N=CN21. The normalized spacial score (nSPS) is 22.6. The van der Waals surface area contributed by atoms with Gasteiger partial charge in [-0.2, -0.15) is 0 Å². The molecule has 1 aromatic heterocycles. The molecule has 31 heavy (non-hydrogen) atoms. The Hall–Kier alpha value is -3.11. The number of halogens is 2. The smallest absolute Gasteiger partial charge is 0.395 e. The van der Waals surface area contributed by atoms with Gasteiger partial charge in [-0.05, 0) is 38.1 Å². The Morgan fingerprint density at radius 3 is 2.87 bits per heavy atom. The summed E-state index contributed by atoms with van der Waals surface area (Å²) in [6, 6.07) is 7.11. The summed E-state index contributed by atoms with van der Waals surface area (Å²) >= 11 is 0. The van der Waals surface area contributed by atoms with Crippen molar-refractivity contribution in [1.82, 2.24) is 25.4 Å². The van der Waals surface area contributed by atoms with Crippen LogP contribution in [0, 0.1) is 5.92 Å². The minimum atomic E-state index is -3.59. The topological polar surface area (TPSA) is 68.4 Å². The van der Waals surface area contributed by atoms with E-state index in [1.165, 1.54) is 11.8 Å². The van der Waals surface area contributed by atoms with Gasteiger partial charge < -0.3 is 19.9 Å². The molecular weight excluding hydrogens is 406 g/mol. The third-order valence-electron chi connectivity index (χ3n) is 6.27. The summed E-state index contributed by atoms with van der Waals surface area (Å²) in [6.45, 7) is 2.28. The molecule has 4 aliphatic rings. The van der Waals surface area contributed by atoms with Crippen LogP contribution < -0.4 is 14.9 Å². The van der Waals surface area contributed by atoms with Gasteiger partial charge >= 0.3 is 6.29 Å². The van der Waals surface area contributed by atoms with Crippen molar-refractivity contribution >= 4 is 17.9 Å². The molecule has 0 saturated carbocycles. The van der Waals surface area contributed by atoms with E-state index < -0.39 is 6.29 Å². The number of aromatic amines is 1. The molecule has 1 saturated heterocycles. The minimum absolute atomic E-state index is 0.101.